The third-order valence-electron chi connectivity index (χ3n) is 6.84. The van der Waals surface area contributed by atoms with Crippen LogP contribution in [0.4, 0.5) is 11.5 Å². The van der Waals surface area contributed by atoms with Crippen LogP contribution in [0.5, 0.6) is 0 Å². The van der Waals surface area contributed by atoms with Gasteiger partial charge in [0.05, 0.1) is 10.3 Å². The summed E-state index contributed by atoms with van der Waals surface area (Å²) in [5.41, 5.74) is 1.71. The summed E-state index contributed by atoms with van der Waals surface area (Å²) in [7, 11) is 0. The van der Waals surface area contributed by atoms with Crippen molar-refractivity contribution >= 4 is 39.0 Å². The van der Waals surface area contributed by atoms with Gasteiger partial charge in [0.1, 0.15) is 16.5 Å². The van der Waals surface area contributed by atoms with E-state index in [2.05, 4.69) is 25.7 Å². The number of rotatable bonds is 4. The summed E-state index contributed by atoms with van der Waals surface area (Å²) < 4.78 is 0. The zero-order chi connectivity index (χ0) is 24.0. The van der Waals surface area contributed by atoms with Crippen molar-refractivity contribution in [3.8, 4) is 0 Å². The standard InChI is InChI=1S/C25H29N5O3S/c1-15(2)22-26-23(21-19-8-7-16(3)13-20(19)34-24(21)27-22)28-9-11-29(12-10-28)25(31)17-5-4-6-18(14-17)30(32)33/h4-6,14-16H,7-13H2,1-3H3/t16-/m1/s1. The second-order valence-corrected chi connectivity index (χ2v) is 10.8. The van der Waals surface area contributed by atoms with Gasteiger partial charge in [-0.3, -0.25) is 14.9 Å². The van der Waals surface area contributed by atoms with Crippen LogP contribution in [0.15, 0.2) is 24.3 Å². The van der Waals surface area contributed by atoms with Crippen molar-refractivity contribution in [2.75, 3.05) is 31.1 Å². The summed E-state index contributed by atoms with van der Waals surface area (Å²) in [6.45, 7) is 9.00. The molecule has 0 unspecified atom stereocenters. The van der Waals surface area contributed by atoms with Crippen LogP contribution in [-0.4, -0.2) is 51.9 Å². The minimum atomic E-state index is -0.469. The molecule has 5 rings (SSSR count). The molecule has 0 bridgehead atoms. The van der Waals surface area contributed by atoms with Gasteiger partial charge in [0.2, 0.25) is 0 Å². The summed E-state index contributed by atoms with van der Waals surface area (Å²) in [6.07, 6.45) is 3.37. The van der Waals surface area contributed by atoms with Crippen LogP contribution in [0.25, 0.3) is 10.2 Å². The van der Waals surface area contributed by atoms with E-state index in [-0.39, 0.29) is 17.5 Å². The molecular weight excluding hydrogens is 450 g/mol. The lowest BCUT2D eigenvalue weighted by Crippen LogP contribution is -2.49. The molecule has 1 fully saturated rings. The fourth-order valence-corrected chi connectivity index (χ4v) is 6.27. The Labute approximate surface area is 202 Å². The average molecular weight is 480 g/mol. The number of nitro benzene ring substituents is 1. The van der Waals surface area contributed by atoms with E-state index in [1.54, 1.807) is 17.0 Å². The lowest BCUT2D eigenvalue weighted by Gasteiger charge is -2.36. The Morgan fingerprint density at radius 3 is 2.68 bits per heavy atom. The van der Waals surface area contributed by atoms with E-state index in [0.29, 0.717) is 37.7 Å². The molecule has 2 aromatic heterocycles. The topological polar surface area (TPSA) is 92.5 Å². The van der Waals surface area contributed by atoms with Crippen molar-refractivity contribution in [2.24, 2.45) is 5.92 Å². The first-order valence-corrected chi connectivity index (χ1v) is 12.7. The molecule has 34 heavy (non-hydrogen) atoms. The number of carbonyl (C=O) groups excluding carboxylic acids is 1. The molecule has 3 heterocycles. The summed E-state index contributed by atoms with van der Waals surface area (Å²) in [5.74, 6) is 2.64. The minimum Gasteiger partial charge on any atom is -0.352 e. The summed E-state index contributed by atoms with van der Waals surface area (Å²) >= 11 is 1.82. The Balaban J connectivity index is 1.42. The van der Waals surface area contributed by atoms with E-state index < -0.39 is 4.92 Å². The molecule has 2 aliphatic rings. The highest BCUT2D eigenvalue weighted by Crippen LogP contribution is 2.41. The van der Waals surface area contributed by atoms with Crippen molar-refractivity contribution in [2.45, 2.75) is 46.0 Å². The van der Waals surface area contributed by atoms with E-state index in [4.69, 9.17) is 9.97 Å². The normalized spacial score (nSPS) is 18.4. The smallest absolute Gasteiger partial charge is 0.270 e. The number of carbonyl (C=O) groups is 1. The molecule has 1 aliphatic carbocycles. The Morgan fingerprint density at radius 2 is 1.97 bits per heavy atom. The number of hydrogen-bond donors (Lipinski definition) is 0. The van der Waals surface area contributed by atoms with Gasteiger partial charge in [0, 0.05) is 54.7 Å². The van der Waals surface area contributed by atoms with Gasteiger partial charge in [-0.25, -0.2) is 9.97 Å². The van der Waals surface area contributed by atoms with Gasteiger partial charge in [-0.05, 0) is 36.8 Å². The second-order valence-electron chi connectivity index (χ2n) is 9.68. The van der Waals surface area contributed by atoms with Gasteiger partial charge in [-0.1, -0.05) is 26.8 Å². The molecule has 1 amide bonds. The van der Waals surface area contributed by atoms with Gasteiger partial charge in [0.25, 0.3) is 11.6 Å². The van der Waals surface area contributed by atoms with Crippen molar-refractivity contribution < 1.29 is 9.72 Å². The molecule has 178 valence electrons. The van der Waals surface area contributed by atoms with E-state index in [1.165, 1.54) is 34.4 Å². The largest absolute Gasteiger partial charge is 0.352 e. The quantitative estimate of drug-likeness (QED) is 0.394. The molecule has 0 N–H and O–H groups in total. The predicted octanol–water partition coefficient (Wildman–Crippen LogP) is 4.81. The summed E-state index contributed by atoms with van der Waals surface area (Å²) in [4.78, 5) is 40.2. The fourth-order valence-electron chi connectivity index (χ4n) is 4.88. The SMILES string of the molecule is CC(C)c1nc(N2CCN(C(=O)c3cccc([N+](=O)[O-])c3)CC2)c2c3c(sc2n1)C[C@H](C)CC3. The summed E-state index contributed by atoms with van der Waals surface area (Å²) in [5, 5.41) is 12.3. The van der Waals surface area contributed by atoms with Crippen molar-refractivity contribution in [1.82, 2.24) is 14.9 Å². The van der Waals surface area contributed by atoms with Crippen LogP contribution < -0.4 is 4.90 Å². The molecule has 1 saturated heterocycles. The number of benzene rings is 1. The maximum Gasteiger partial charge on any atom is 0.270 e. The Hall–Kier alpha value is -3.07. The van der Waals surface area contributed by atoms with Gasteiger partial charge in [-0.2, -0.15) is 0 Å². The molecule has 0 saturated carbocycles. The lowest BCUT2D eigenvalue weighted by atomic mass is 9.89. The van der Waals surface area contributed by atoms with Crippen LogP contribution in [0.1, 0.15) is 59.7 Å². The molecule has 1 aromatic carbocycles. The summed E-state index contributed by atoms with van der Waals surface area (Å²) in [6, 6.07) is 5.97. The van der Waals surface area contributed by atoms with Gasteiger partial charge in [0.15, 0.2) is 0 Å². The molecule has 1 aliphatic heterocycles. The molecule has 1 atom stereocenters. The third-order valence-corrected chi connectivity index (χ3v) is 7.99. The van der Waals surface area contributed by atoms with Gasteiger partial charge >= 0.3 is 0 Å². The zero-order valence-electron chi connectivity index (χ0n) is 19.8. The second kappa shape index (κ2) is 8.94. The molecule has 3 aromatic rings. The van der Waals surface area contributed by atoms with E-state index in [1.807, 2.05) is 11.3 Å². The lowest BCUT2D eigenvalue weighted by molar-refractivity contribution is -0.384. The Bertz CT molecular complexity index is 1260. The number of nitro groups is 1. The van der Waals surface area contributed by atoms with Crippen molar-refractivity contribution in [3.05, 3.63) is 56.2 Å². The minimum absolute atomic E-state index is 0.0642. The highest BCUT2D eigenvalue weighted by Gasteiger charge is 2.29. The van der Waals surface area contributed by atoms with Crippen LogP contribution in [0, 0.1) is 16.0 Å². The van der Waals surface area contributed by atoms with Crippen molar-refractivity contribution in [1.29, 1.82) is 0 Å². The number of fused-ring (bicyclic) bond motifs is 3. The number of anilines is 1. The van der Waals surface area contributed by atoms with Gasteiger partial charge in [-0.15, -0.1) is 11.3 Å². The average Bonchev–Trinajstić information content (AvgIpc) is 3.20. The first-order valence-electron chi connectivity index (χ1n) is 11.9. The van der Waals surface area contributed by atoms with Crippen LogP contribution >= 0.6 is 11.3 Å². The Kier molecular flexibility index (Phi) is 5.97. The van der Waals surface area contributed by atoms with E-state index in [9.17, 15) is 14.9 Å². The number of piperazine rings is 1. The van der Waals surface area contributed by atoms with Crippen LogP contribution in [0.2, 0.25) is 0 Å². The predicted molar refractivity (Wildman–Crippen MR) is 134 cm³/mol. The monoisotopic (exact) mass is 479 g/mol. The molecule has 9 heteroatoms. The first kappa shape index (κ1) is 22.7. The maximum absolute atomic E-state index is 13.0. The molecular formula is C25H29N5O3S. The highest BCUT2D eigenvalue weighted by molar-refractivity contribution is 7.19. The maximum atomic E-state index is 13.0. The highest BCUT2D eigenvalue weighted by atomic mass is 32.1. The van der Waals surface area contributed by atoms with E-state index in [0.717, 1.165) is 29.3 Å². The number of amides is 1. The first-order chi connectivity index (χ1) is 16.3. The van der Waals surface area contributed by atoms with Gasteiger partial charge < -0.3 is 9.80 Å². The molecule has 0 spiro atoms. The van der Waals surface area contributed by atoms with Crippen LogP contribution in [0.3, 0.4) is 0 Å². The molecule has 0 radical (unpaired) electrons. The number of aryl methyl sites for hydroxylation is 1. The Morgan fingerprint density at radius 1 is 1.21 bits per heavy atom. The number of nitrogens with zero attached hydrogens (tertiary/aromatic N) is 5. The fraction of sp³-hybridized carbons (Fsp3) is 0.480. The third kappa shape index (κ3) is 4.13. The van der Waals surface area contributed by atoms with E-state index >= 15 is 0 Å². The zero-order valence-corrected chi connectivity index (χ0v) is 20.6. The number of aromatic nitrogens is 2. The number of thiophene rings is 1. The van der Waals surface area contributed by atoms with Crippen LogP contribution in [-0.2, 0) is 12.8 Å². The van der Waals surface area contributed by atoms with Crippen molar-refractivity contribution in [3.63, 3.8) is 0 Å². The number of hydrogen-bond acceptors (Lipinski definition) is 7. The number of non-ortho nitro benzene ring substituents is 1. The molecule has 8 nitrogen and oxygen atoms in total.